The number of allylic oxidation sites excluding steroid dienone is 1. The van der Waals surface area contributed by atoms with E-state index in [4.69, 9.17) is 10.2 Å². The molecule has 0 atom stereocenters. The molecule has 0 aliphatic carbocycles. The normalized spacial score (nSPS) is 14.8. The molecule has 3 N–H and O–H groups in total. The second kappa shape index (κ2) is 11.8. The van der Waals surface area contributed by atoms with Crippen molar-refractivity contribution in [2.45, 2.75) is 26.3 Å². The van der Waals surface area contributed by atoms with Crippen LogP contribution in [0.25, 0.3) is 17.5 Å². The van der Waals surface area contributed by atoms with Gasteiger partial charge in [-0.3, -0.25) is 14.6 Å². The minimum absolute atomic E-state index is 0.232. The number of aromatic nitrogens is 3. The summed E-state index contributed by atoms with van der Waals surface area (Å²) in [6.45, 7) is 4.73. The Morgan fingerprint density at radius 3 is 2.74 bits per heavy atom. The quantitative estimate of drug-likeness (QED) is 0.428. The van der Waals surface area contributed by atoms with Crippen LogP contribution in [0.4, 0.5) is 10.7 Å². The predicted molar refractivity (Wildman–Crippen MR) is 136 cm³/mol. The molecule has 4 heterocycles. The van der Waals surface area contributed by atoms with Gasteiger partial charge in [-0.25, -0.2) is 9.97 Å². The van der Waals surface area contributed by atoms with Crippen LogP contribution >= 0.6 is 11.8 Å². The number of piperidine rings is 1. The van der Waals surface area contributed by atoms with Crippen LogP contribution in [-0.2, 0) is 11.3 Å². The summed E-state index contributed by atoms with van der Waals surface area (Å²) < 4.78 is 5.52. The minimum atomic E-state index is -0.628. The largest absolute Gasteiger partial charge is 0.463 e. The molecule has 35 heavy (non-hydrogen) atoms. The third kappa shape index (κ3) is 6.77. The average molecular weight is 493 g/mol. The topological polar surface area (TPSA) is 127 Å². The van der Waals surface area contributed by atoms with Crippen molar-refractivity contribution in [3.05, 3.63) is 65.2 Å². The van der Waals surface area contributed by atoms with E-state index in [2.05, 4.69) is 31.2 Å². The number of nitrogens with one attached hydrogen (secondary N) is 1. The highest BCUT2D eigenvalue weighted by Crippen LogP contribution is 2.24. The van der Waals surface area contributed by atoms with E-state index in [-0.39, 0.29) is 10.7 Å². The molecule has 0 saturated carbocycles. The standard InChI is InChI=1S/C25H28N6O3S/c1-17(32)22(35-24(26)33)14-20-6-10-29-25(30-20)31-11-7-18(8-12-31)15-27-16-19-4-2-9-28-23(19)21-5-3-13-34-21/h2-6,9-10,13-14,18,27H,7-8,11-12,15-16H2,1H3,(H2,26,33)/b22-14-. The molecule has 182 valence electrons. The van der Waals surface area contributed by atoms with Crippen molar-refractivity contribution in [1.82, 2.24) is 20.3 Å². The number of carbonyl (C=O) groups excluding carboxylic acids is 2. The lowest BCUT2D eigenvalue weighted by atomic mass is 9.97. The van der Waals surface area contributed by atoms with E-state index in [0.29, 0.717) is 29.3 Å². The fraction of sp³-hybridized carbons (Fsp3) is 0.320. The Hall–Kier alpha value is -3.50. The first-order valence-electron chi connectivity index (χ1n) is 11.5. The molecule has 1 aliphatic heterocycles. The summed E-state index contributed by atoms with van der Waals surface area (Å²) in [4.78, 5) is 38.9. The summed E-state index contributed by atoms with van der Waals surface area (Å²) in [6, 6.07) is 9.51. The zero-order chi connectivity index (χ0) is 24.6. The minimum Gasteiger partial charge on any atom is -0.463 e. The Kier molecular flexibility index (Phi) is 8.27. The van der Waals surface area contributed by atoms with Gasteiger partial charge in [0.1, 0.15) is 5.69 Å². The maximum Gasteiger partial charge on any atom is 0.281 e. The number of ketones is 1. The molecule has 3 aromatic rings. The predicted octanol–water partition coefficient (Wildman–Crippen LogP) is 3.88. The molecule has 3 aromatic heterocycles. The van der Waals surface area contributed by atoms with E-state index in [1.165, 1.54) is 6.92 Å². The Bertz CT molecular complexity index is 1190. The summed E-state index contributed by atoms with van der Waals surface area (Å²) >= 11 is 0.710. The molecule has 0 unspecified atom stereocenters. The lowest BCUT2D eigenvalue weighted by Crippen LogP contribution is -2.38. The van der Waals surface area contributed by atoms with Crippen LogP contribution in [0.3, 0.4) is 0 Å². The van der Waals surface area contributed by atoms with Gasteiger partial charge in [0.2, 0.25) is 5.95 Å². The van der Waals surface area contributed by atoms with Gasteiger partial charge in [-0.05, 0) is 79.9 Å². The van der Waals surface area contributed by atoms with E-state index < -0.39 is 5.24 Å². The number of carbonyl (C=O) groups is 2. The zero-order valence-corrected chi connectivity index (χ0v) is 20.3. The first-order chi connectivity index (χ1) is 17.0. The van der Waals surface area contributed by atoms with E-state index in [9.17, 15) is 9.59 Å². The number of amides is 1. The van der Waals surface area contributed by atoms with Crippen molar-refractivity contribution in [1.29, 1.82) is 0 Å². The Morgan fingerprint density at radius 1 is 1.20 bits per heavy atom. The van der Waals surface area contributed by atoms with Crippen LogP contribution in [0.5, 0.6) is 0 Å². The third-order valence-electron chi connectivity index (χ3n) is 5.79. The van der Waals surface area contributed by atoms with Crippen LogP contribution in [0.15, 0.2) is 58.3 Å². The van der Waals surface area contributed by atoms with Crippen LogP contribution in [0, 0.1) is 5.92 Å². The molecule has 1 fully saturated rings. The number of thioether (sulfide) groups is 1. The highest BCUT2D eigenvalue weighted by Gasteiger charge is 2.21. The van der Waals surface area contributed by atoms with Gasteiger partial charge in [-0.1, -0.05) is 6.07 Å². The SMILES string of the molecule is CC(=O)/C(=C/c1ccnc(N2CCC(CNCc3cccnc3-c3ccco3)CC2)n1)SC(N)=O. The van der Waals surface area contributed by atoms with Crippen LogP contribution < -0.4 is 16.0 Å². The van der Waals surface area contributed by atoms with Crippen molar-refractivity contribution in [3.8, 4) is 11.5 Å². The molecule has 10 heteroatoms. The fourth-order valence-electron chi connectivity index (χ4n) is 4.00. The van der Waals surface area contributed by atoms with Gasteiger partial charge in [-0.2, -0.15) is 0 Å². The molecule has 1 aliphatic rings. The second-order valence-corrected chi connectivity index (χ2v) is 9.36. The number of hydrogen-bond donors (Lipinski definition) is 2. The van der Waals surface area contributed by atoms with Gasteiger partial charge in [0, 0.05) is 32.0 Å². The van der Waals surface area contributed by atoms with E-state index in [0.717, 1.165) is 56.0 Å². The van der Waals surface area contributed by atoms with Gasteiger partial charge in [0.05, 0.1) is 16.9 Å². The lowest BCUT2D eigenvalue weighted by molar-refractivity contribution is -0.112. The number of nitrogens with zero attached hydrogens (tertiary/aromatic N) is 4. The number of Topliss-reactive ketones (excluding diaryl/α,β-unsaturated/α-hetero) is 1. The summed E-state index contributed by atoms with van der Waals surface area (Å²) in [7, 11) is 0. The Morgan fingerprint density at radius 2 is 2.03 bits per heavy atom. The summed E-state index contributed by atoms with van der Waals surface area (Å²) in [6.07, 6.45) is 8.72. The van der Waals surface area contributed by atoms with Crippen LogP contribution in [0.1, 0.15) is 31.0 Å². The number of rotatable bonds is 9. The third-order valence-corrected chi connectivity index (χ3v) is 6.62. The number of anilines is 1. The molecule has 1 saturated heterocycles. The summed E-state index contributed by atoms with van der Waals surface area (Å²) in [5, 5.41) is 2.95. The van der Waals surface area contributed by atoms with Gasteiger partial charge >= 0.3 is 0 Å². The first-order valence-corrected chi connectivity index (χ1v) is 12.3. The maximum atomic E-state index is 11.8. The van der Waals surface area contributed by atoms with E-state index >= 15 is 0 Å². The summed E-state index contributed by atoms with van der Waals surface area (Å²) in [5.74, 6) is 1.71. The van der Waals surface area contributed by atoms with E-state index in [1.54, 1.807) is 30.8 Å². The number of furan rings is 1. The van der Waals surface area contributed by atoms with Crippen LogP contribution in [0.2, 0.25) is 0 Å². The molecule has 4 rings (SSSR count). The van der Waals surface area contributed by atoms with Crippen LogP contribution in [-0.4, -0.2) is 45.6 Å². The van der Waals surface area contributed by atoms with Gasteiger partial charge in [0.25, 0.3) is 5.24 Å². The molecule has 0 aromatic carbocycles. The highest BCUT2D eigenvalue weighted by atomic mass is 32.2. The monoisotopic (exact) mass is 492 g/mol. The number of primary amides is 1. The van der Waals surface area contributed by atoms with Gasteiger partial charge < -0.3 is 20.4 Å². The van der Waals surface area contributed by atoms with Crippen molar-refractivity contribution < 1.29 is 14.0 Å². The fourth-order valence-corrected chi connectivity index (χ4v) is 4.54. The molecule has 0 bridgehead atoms. The molecule has 0 radical (unpaired) electrons. The number of nitrogens with two attached hydrogens (primary N) is 1. The number of hydrogen-bond acceptors (Lipinski definition) is 9. The summed E-state index contributed by atoms with van der Waals surface area (Å²) in [5.41, 5.74) is 7.77. The second-order valence-electron chi connectivity index (χ2n) is 8.32. The molecule has 9 nitrogen and oxygen atoms in total. The van der Waals surface area contributed by atoms with Crippen molar-refractivity contribution in [2.24, 2.45) is 11.7 Å². The van der Waals surface area contributed by atoms with Gasteiger partial charge in [0.15, 0.2) is 11.5 Å². The Labute approximate surface area is 208 Å². The number of pyridine rings is 1. The van der Waals surface area contributed by atoms with Crippen molar-refractivity contribution in [3.63, 3.8) is 0 Å². The maximum absolute atomic E-state index is 11.8. The Balaban J connectivity index is 1.30. The highest BCUT2D eigenvalue weighted by molar-refractivity contribution is 8.17. The molecular formula is C25H28N6O3S. The van der Waals surface area contributed by atoms with Gasteiger partial charge in [-0.15, -0.1) is 0 Å². The molecule has 1 amide bonds. The lowest BCUT2D eigenvalue weighted by Gasteiger charge is -2.32. The average Bonchev–Trinajstić information content (AvgIpc) is 3.39. The molecule has 0 spiro atoms. The van der Waals surface area contributed by atoms with Crippen molar-refractivity contribution >= 4 is 34.8 Å². The van der Waals surface area contributed by atoms with Crippen molar-refractivity contribution in [2.75, 3.05) is 24.5 Å². The van der Waals surface area contributed by atoms with E-state index in [1.807, 2.05) is 18.2 Å². The first kappa shape index (κ1) is 24.6. The smallest absolute Gasteiger partial charge is 0.281 e. The zero-order valence-electron chi connectivity index (χ0n) is 19.5. The molecular weight excluding hydrogens is 464 g/mol.